The summed E-state index contributed by atoms with van der Waals surface area (Å²) in [6.07, 6.45) is 0. The van der Waals surface area contributed by atoms with E-state index in [0.717, 1.165) is 20.1 Å². The van der Waals surface area contributed by atoms with Gasteiger partial charge < -0.3 is 15.4 Å². The number of aromatic nitrogens is 1. The van der Waals surface area contributed by atoms with E-state index in [2.05, 4.69) is 15.6 Å². The zero-order valence-electron chi connectivity index (χ0n) is 15.4. The van der Waals surface area contributed by atoms with Crippen LogP contribution in [0.1, 0.15) is 15.4 Å². The first-order chi connectivity index (χ1) is 13.7. The molecule has 3 aromatic rings. The minimum absolute atomic E-state index is 0.0910. The Morgan fingerprint density at radius 3 is 2.71 bits per heavy atom. The third kappa shape index (κ3) is 5.54. The van der Waals surface area contributed by atoms with Gasteiger partial charge in [-0.3, -0.25) is 9.59 Å². The molecule has 0 bridgehead atoms. The number of benzene rings is 2. The molecule has 0 spiro atoms. The zero-order chi connectivity index (χ0) is 19.8. The van der Waals surface area contributed by atoms with Crippen LogP contribution in [-0.2, 0) is 16.1 Å². The van der Waals surface area contributed by atoms with Gasteiger partial charge in [0.2, 0.25) is 5.91 Å². The van der Waals surface area contributed by atoms with E-state index in [1.807, 2.05) is 42.5 Å². The summed E-state index contributed by atoms with van der Waals surface area (Å²) in [4.78, 5) is 29.8. The van der Waals surface area contributed by atoms with Crippen LogP contribution in [0.2, 0.25) is 0 Å². The van der Waals surface area contributed by atoms with E-state index in [4.69, 9.17) is 4.74 Å². The molecule has 146 valence electrons. The van der Waals surface area contributed by atoms with E-state index in [0.29, 0.717) is 25.3 Å². The monoisotopic (exact) mass is 415 g/mol. The third-order valence-corrected chi connectivity index (χ3v) is 5.97. The lowest BCUT2D eigenvalue weighted by molar-refractivity contribution is -0.118. The van der Waals surface area contributed by atoms with Gasteiger partial charge in [0.05, 0.1) is 34.7 Å². The molecule has 1 heterocycles. The standard InChI is InChI=1S/C20H21N3O3S2/c1-26-11-10-21-18(24)13-27-16-8-4-2-6-14(16)20(25)22-12-19-23-15-7-3-5-9-17(15)28-19/h2-9H,10-13H2,1H3,(H,21,24)(H,22,25). The number of carbonyl (C=O) groups is 2. The van der Waals surface area contributed by atoms with E-state index in [-0.39, 0.29) is 17.6 Å². The number of thiazole rings is 1. The summed E-state index contributed by atoms with van der Waals surface area (Å²) >= 11 is 2.91. The van der Waals surface area contributed by atoms with Crippen molar-refractivity contribution in [1.29, 1.82) is 0 Å². The smallest absolute Gasteiger partial charge is 0.252 e. The molecular weight excluding hydrogens is 394 g/mol. The first-order valence-corrected chi connectivity index (χ1v) is 10.6. The van der Waals surface area contributed by atoms with Crippen LogP contribution in [0, 0.1) is 0 Å². The lowest BCUT2D eigenvalue weighted by atomic mass is 10.2. The number of hydrogen-bond donors (Lipinski definition) is 2. The highest BCUT2D eigenvalue weighted by Crippen LogP contribution is 2.24. The summed E-state index contributed by atoms with van der Waals surface area (Å²) in [5.41, 5.74) is 1.49. The van der Waals surface area contributed by atoms with Gasteiger partial charge >= 0.3 is 0 Å². The Morgan fingerprint density at radius 2 is 1.89 bits per heavy atom. The fourth-order valence-corrected chi connectivity index (χ4v) is 4.30. The maximum absolute atomic E-state index is 12.6. The van der Waals surface area contributed by atoms with Crippen molar-refractivity contribution in [2.45, 2.75) is 11.4 Å². The maximum Gasteiger partial charge on any atom is 0.252 e. The van der Waals surface area contributed by atoms with Crippen molar-refractivity contribution in [2.24, 2.45) is 0 Å². The number of fused-ring (bicyclic) bond motifs is 1. The third-order valence-electron chi connectivity index (χ3n) is 3.86. The van der Waals surface area contributed by atoms with Crippen LogP contribution in [0.15, 0.2) is 53.4 Å². The summed E-state index contributed by atoms with van der Waals surface area (Å²) in [6, 6.07) is 15.2. The molecule has 6 nitrogen and oxygen atoms in total. The van der Waals surface area contributed by atoms with Crippen LogP contribution in [0.25, 0.3) is 10.2 Å². The van der Waals surface area contributed by atoms with Crippen LogP contribution in [0.5, 0.6) is 0 Å². The molecule has 0 aliphatic rings. The molecular formula is C20H21N3O3S2. The molecule has 0 atom stereocenters. The van der Waals surface area contributed by atoms with Crippen LogP contribution in [-0.4, -0.2) is 42.8 Å². The Labute approximate surface area is 171 Å². The number of methoxy groups -OCH3 is 1. The fraction of sp³-hybridized carbons (Fsp3) is 0.250. The van der Waals surface area contributed by atoms with Crippen molar-refractivity contribution < 1.29 is 14.3 Å². The van der Waals surface area contributed by atoms with Gasteiger partial charge in [-0.1, -0.05) is 24.3 Å². The van der Waals surface area contributed by atoms with Crippen LogP contribution < -0.4 is 10.6 Å². The van der Waals surface area contributed by atoms with Gasteiger partial charge in [-0.05, 0) is 24.3 Å². The van der Waals surface area contributed by atoms with Crippen molar-refractivity contribution in [1.82, 2.24) is 15.6 Å². The zero-order valence-corrected chi connectivity index (χ0v) is 17.1. The second-order valence-corrected chi connectivity index (χ2v) is 8.02. The quantitative estimate of drug-likeness (QED) is 0.415. The lowest BCUT2D eigenvalue weighted by Crippen LogP contribution is -2.28. The summed E-state index contributed by atoms with van der Waals surface area (Å²) in [5.74, 6) is -0.0276. The molecule has 0 saturated carbocycles. The van der Waals surface area contributed by atoms with E-state index in [1.54, 1.807) is 24.5 Å². The Hall–Kier alpha value is -2.42. The van der Waals surface area contributed by atoms with Crippen LogP contribution >= 0.6 is 23.1 Å². The predicted molar refractivity (Wildman–Crippen MR) is 113 cm³/mol. The SMILES string of the molecule is COCCNC(=O)CSc1ccccc1C(=O)NCc1nc2ccccc2s1. The summed E-state index contributed by atoms with van der Waals surface area (Å²) < 4.78 is 6.01. The maximum atomic E-state index is 12.6. The van der Waals surface area contributed by atoms with Crippen molar-refractivity contribution in [3.8, 4) is 0 Å². The molecule has 1 aromatic heterocycles. The molecule has 28 heavy (non-hydrogen) atoms. The first kappa shape index (κ1) is 20.3. The van der Waals surface area contributed by atoms with Gasteiger partial charge in [-0.25, -0.2) is 4.98 Å². The highest BCUT2D eigenvalue weighted by Gasteiger charge is 2.13. The van der Waals surface area contributed by atoms with E-state index in [9.17, 15) is 9.59 Å². The number of carbonyl (C=O) groups excluding carboxylic acids is 2. The van der Waals surface area contributed by atoms with Crippen LogP contribution in [0.3, 0.4) is 0 Å². The Bertz CT molecular complexity index is 926. The van der Waals surface area contributed by atoms with E-state index in [1.165, 1.54) is 11.8 Å². The fourth-order valence-electron chi connectivity index (χ4n) is 2.51. The van der Waals surface area contributed by atoms with Gasteiger partial charge in [0.15, 0.2) is 0 Å². The van der Waals surface area contributed by atoms with E-state index >= 15 is 0 Å². The van der Waals surface area contributed by atoms with Gasteiger partial charge in [-0.15, -0.1) is 23.1 Å². The minimum atomic E-state index is -0.179. The number of para-hydroxylation sites is 1. The molecule has 0 aliphatic heterocycles. The number of amides is 2. The average molecular weight is 416 g/mol. The van der Waals surface area contributed by atoms with Gasteiger partial charge in [0.25, 0.3) is 5.91 Å². The Balaban J connectivity index is 1.58. The Morgan fingerprint density at radius 1 is 1.11 bits per heavy atom. The summed E-state index contributed by atoms with van der Waals surface area (Å²) in [7, 11) is 1.59. The number of thioether (sulfide) groups is 1. The summed E-state index contributed by atoms with van der Waals surface area (Å²) in [5, 5.41) is 6.55. The topological polar surface area (TPSA) is 80.3 Å². The predicted octanol–water partition coefficient (Wildman–Crippen LogP) is 3.08. The van der Waals surface area contributed by atoms with Crippen molar-refractivity contribution in [2.75, 3.05) is 26.0 Å². The van der Waals surface area contributed by atoms with Crippen molar-refractivity contribution in [3.05, 3.63) is 59.1 Å². The molecule has 2 amide bonds. The molecule has 0 aliphatic carbocycles. The van der Waals surface area contributed by atoms with Crippen LogP contribution in [0.4, 0.5) is 0 Å². The molecule has 3 rings (SSSR count). The largest absolute Gasteiger partial charge is 0.383 e. The van der Waals surface area contributed by atoms with Gasteiger partial charge in [0.1, 0.15) is 5.01 Å². The first-order valence-electron chi connectivity index (χ1n) is 8.77. The molecule has 0 saturated heterocycles. The molecule has 2 aromatic carbocycles. The van der Waals surface area contributed by atoms with Crippen molar-refractivity contribution in [3.63, 3.8) is 0 Å². The second-order valence-electron chi connectivity index (χ2n) is 5.89. The number of hydrogen-bond acceptors (Lipinski definition) is 6. The van der Waals surface area contributed by atoms with Gasteiger partial charge in [-0.2, -0.15) is 0 Å². The lowest BCUT2D eigenvalue weighted by Gasteiger charge is -2.09. The molecule has 8 heteroatoms. The number of ether oxygens (including phenoxy) is 1. The minimum Gasteiger partial charge on any atom is -0.383 e. The van der Waals surface area contributed by atoms with E-state index < -0.39 is 0 Å². The summed E-state index contributed by atoms with van der Waals surface area (Å²) in [6.45, 7) is 1.32. The molecule has 2 N–H and O–H groups in total. The highest BCUT2D eigenvalue weighted by molar-refractivity contribution is 8.00. The molecule has 0 fully saturated rings. The Kier molecular flexibility index (Phi) is 7.41. The number of nitrogens with one attached hydrogen (secondary N) is 2. The molecule has 0 unspecified atom stereocenters. The normalized spacial score (nSPS) is 10.8. The average Bonchev–Trinajstić information content (AvgIpc) is 3.14. The van der Waals surface area contributed by atoms with Crippen molar-refractivity contribution >= 4 is 45.1 Å². The number of rotatable bonds is 9. The number of nitrogens with zero attached hydrogens (tertiary/aromatic N) is 1. The molecule has 0 radical (unpaired) electrons. The highest BCUT2D eigenvalue weighted by atomic mass is 32.2. The van der Waals surface area contributed by atoms with Gasteiger partial charge in [0, 0.05) is 18.6 Å². The second kappa shape index (κ2) is 10.2.